The third kappa shape index (κ3) is 4.13. The number of hydrogen-bond donors (Lipinski definition) is 0. The molecule has 0 aliphatic heterocycles. The smallest absolute Gasteiger partial charge is 0.0542 e. The fourth-order valence-corrected chi connectivity index (χ4v) is 7.05. The molecule has 0 spiro atoms. The van der Waals surface area contributed by atoms with E-state index >= 15 is 0 Å². The molecule has 7 aromatic carbocycles. The van der Waals surface area contributed by atoms with Crippen molar-refractivity contribution in [1.29, 1.82) is 0 Å². The van der Waals surface area contributed by atoms with Gasteiger partial charge in [-0.15, -0.1) is 0 Å². The van der Waals surface area contributed by atoms with Gasteiger partial charge in [-0.3, -0.25) is 0 Å². The molecule has 9 rings (SSSR count). The van der Waals surface area contributed by atoms with Crippen molar-refractivity contribution < 1.29 is 0 Å². The number of nitrogens with zero attached hydrogens (tertiary/aromatic N) is 3. The van der Waals surface area contributed by atoms with Crippen molar-refractivity contribution in [2.75, 3.05) is 4.90 Å². The minimum atomic E-state index is 1.12. The molecule has 0 N–H and O–H groups in total. The maximum atomic E-state index is 2.39. The van der Waals surface area contributed by atoms with Gasteiger partial charge in [0.25, 0.3) is 0 Å². The lowest BCUT2D eigenvalue weighted by Gasteiger charge is -2.26. The predicted molar refractivity (Wildman–Crippen MR) is 195 cm³/mol. The molecule has 3 nitrogen and oxygen atoms in total. The Morgan fingerprint density at radius 3 is 1.22 bits per heavy atom. The number of anilines is 3. The molecule has 0 radical (unpaired) electrons. The average Bonchev–Trinajstić information content (AvgIpc) is 3.62. The van der Waals surface area contributed by atoms with Crippen LogP contribution in [0.4, 0.5) is 17.1 Å². The SMILES string of the molecule is Cc1ccc(N(c2ccc3c(c2)c2ccccc2n3-c2ccccc2)c2ccc3c(c2)c2ccccc2n3-c2ccccc2)cc1. The van der Waals surface area contributed by atoms with Crippen molar-refractivity contribution in [3.8, 4) is 11.4 Å². The Labute approximate surface area is 267 Å². The number of para-hydroxylation sites is 4. The van der Waals surface area contributed by atoms with Gasteiger partial charge in [-0.2, -0.15) is 0 Å². The second kappa shape index (κ2) is 10.5. The third-order valence-corrected chi connectivity index (χ3v) is 9.15. The summed E-state index contributed by atoms with van der Waals surface area (Å²) in [6.07, 6.45) is 0. The van der Waals surface area contributed by atoms with Crippen LogP contribution in [-0.4, -0.2) is 9.13 Å². The van der Waals surface area contributed by atoms with E-state index < -0.39 is 0 Å². The highest BCUT2D eigenvalue weighted by atomic mass is 15.1. The van der Waals surface area contributed by atoms with E-state index in [1.807, 2.05) is 0 Å². The molecule has 3 heteroatoms. The Kier molecular flexibility index (Phi) is 6.04. The summed E-state index contributed by atoms with van der Waals surface area (Å²) < 4.78 is 4.74. The fourth-order valence-electron chi connectivity index (χ4n) is 7.05. The topological polar surface area (TPSA) is 13.1 Å². The summed E-state index contributed by atoms with van der Waals surface area (Å²) in [4.78, 5) is 2.39. The molecule has 9 aromatic rings. The van der Waals surface area contributed by atoms with Crippen molar-refractivity contribution in [3.05, 3.63) is 175 Å². The quantitative estimate of drug-likeness (QED) is 0.195. The van der Waals surface area contributed by atoms with Gasteiger partial charge in [0.2, 0.25) is 0 Å². The van der Waals surface area contributed by atoms with Crippen LogP contribution in [0, 0.1) is 6.92 Å². The first kappa shape index (κ1) is 26.4. The number of fused-ring (bicyclic) bond motifs is 6. The Hall–Kier alpha value is -6.06. The molecule has 0 saturated heterocycles. The first-order valence-electron chi connectivity index (χ1n) is 15.8. The van der Waals surface area contributed by atoms with E-state index in [1.54, 1.807) is 0 Å². The second-order valence-electron chi connectivity index (χ2n) is 12.0. The van der Waals surface area contributed by atoms with Crippen LogP contribution in [0.3, 0.4) is 0 Å². The van der Waals surface area contributed by atoms with Crippen molar-refractivity contribution in [3.63, 3.8) is 0 Å². The van der Waals surface area contributed by atoms with Crippen LogP contribution in [0.1, 0.15) is 5.56 Å². The molecular formula is C43H31N3. The molecule has 0 unspecified atom stereocenters. The Bertz CT molecular complexity index is 2360. The van der Waals surface area contributed by atoms with Gasteiger partial charge in [-0.1, -0.05) is 90.5 Å². The van der Waals surface area contributed by atoms with E-state index in [0.29, 0.717) is 0 Å². The summed E-state index contributed by atoms with van der Waals surface area (Å²) in [5.41, 5.74) is 11.7. The highest BCUT2D eigenvalue weighted by Gasteiger charge is 2.19. The highest BCUT2D eigenvalue weighted by molar-refractivity contribution is 6.12. The highest BCUT2D eigenvalue weighted by Crippen LogP contribution is 2.42. The molecule has 0 atom stereocenters. The normalized spacial score (nSPS) is 11.6. The summed E-state index contributed by atoms with van der Waals surface area (Å²) in [7, 11) is 0. The maximum Gasteiger partial charge on any atom is 0.0542 e. The zero-order chi connectivity index (χ0) is 30.6. The zero-order valence-corrected chi connectivity index (χ0v) is 25.5. The van der Waals surface area contributed by atoms with Crippen molar-refractivity contribution >= 4 is 60.7 Å². The third-order valence-electron chi connectivity index (χ3n) is 9.15. The van der Waals surface area contributed by atoms with Gasteiger partial charge in [-0.25, -0.2) is 0 Å². The Balaban J connectivity index is 1.29. The second-order valence-corrected chi connectivity index (χ2v) is 12.0. The molecule has 2 aromatic heterocycles. The maximum absolute atomic E-state index is 2.39. The van der Waals surface area contributed by atoms with Gasteiger partial charge in [0.15, 0.2) is 0 Å². The van der Waals surface area contributed by atoms with Crippen LogP contribution < -0.4 is 4.90 Å². The first-order chi connectivity index (χ1) is 22.7. The molecule has 0 aliphatic carbocycles. The van der Waals surface area contributed by atoms with E-state index in [0.717, 1.165) is 28.4 Å². The lowest BCUT2D eigenvalue weighted by molar-refractivity contribution is 1.18. The average molecular weight is 590 g/mol. The van der Waals surface area contributed by atoms with Crippen LogP contribution in [0.15, 0.2) is 170 Å². The first-order valence-corrected chi connectivity index (χ1v) is 15.8. The number of rotatable bonds is 5. The van der Waals surface area contributed by atoms with E-state index in [-0.39, 0.29) is 0 Å². The predicted octanol–water partition coefficient (Wildman–Crippen LogP) is 11.7. The van der Waals surface area contributed by atoms with Crippen LogP contribution in [0.2, 0.25) is 0 Å². The molecular weight excluding hydrogens is 558 g/mol. The Morgan fingerprint density at radius 1 is 0.348 bits per heavy atom. The van der Waals surface area contributed by atoms with Crippen LogP contribution in [0.25, 0.3) is 55.0 Å². The monoisotopic (exact) mass is 589 g/mol. The standard InChI is InChI=1S/C43H31N3/c1-30-20-22-33(23-21-30)44(34-24-26-42-38(28-34)36-16-8-10-18-40(36)45(42)31-12-4-2-5-13-31)35-25-27-43-39(29-35)37-17-9-11-19-41(37)46(43)32-14-6-3-7-15-32/h2-29H,1H3. The van der Waals surface area contributed by atoms with E-state index in [4.69, 9.17) is 0 Å². The summed E-state index contributed by atoms with van der Waals surface area (Å²) in [5, 5.41) is 4.95. The summed E-state index contributed by atoms with van der Waals surface area (Å²) in [6, 6.07) is 61.4. The van der Waals surface area contributed by atoms with Gasteiger partial charge in [0, 0.05) is 50.0 Å². The molecule has 0 saturated carbocycles. The summed E-state index contributed by atoms with van der Waals surface area (Å²) in [6.45, 7) is 2.14. The number of aromatic nitrogens is 2. The molecule has 0 aliphatic rings. The van der Waals surface area contributed by atoms with Gasteiger partial charge in [-0.05, 0) is 91.9 Å². The molecule has 0 bridgehead atoms. The van der Waals surface area contributed by atoms with Crippen molar-refractivity contribution in [1.82, 2.24) is 9.13 Å². The van der Waals surface area contributed by atoms with Crippen molar-refractivity contribution in [2.24, 2.45) is 0 Å². The summed E-state index contributed by atoms with van der Waals surface area (Å²) in [5.74, 6) is 0. The van der Waals surface area contributed by atoms with Gasteiger partial charge in [0.05, 0.1) is 22.1 Å². The Morgan fingerprint density at radius 2 is 0.739 bits per heavy atom. The zero-order valence-electron chi connectivity index (χ0n) is 25.5. The lowest BCUT2D eigenvalue weighted by atomic mass is 10.1. The van der Waals surface area contributed by atoms with Gasteiger partial charge in [0.1, 0.15) is 0 Å². The lowest BCUT2D eigenvalue weighted by Crippen LogP contribution is -2.10. The fraction of sp³-hybridized carbons (Fsp3) is 0.0233. The number of hydrogen-bond acceptors (Lipinski definition) is 1. The molecule has 0 amide bonds. The van der Waals surface area contributed by atoms with Gasteiger partial charge >= 0.3 is 0 Å². The molecule has 0 fully saturated rings. The molecule has 2 heterocycles. The van der Waals surface area contributed by atoms with Crippen LogP contribution in [0.5, 0.6) is 0 Å². The minimum Gasteiger partial charge on any atom is -0.310 e. The number of benzene rings is 7. The summed E-state index contributed by atoms with van der Waals surface area (Å²) >= 11 is 0. The van der Waals surface area contributed by atoms with Crippen molar-refractivity contribution in [2.45, 2.75) is 6.92 Å². The van der Waals surface area contributed by atoms with E-state index in [2.05, 4.69) is 191 Å². The van der Waals surface area contributed by atoms with E-state index in [9.17, 15) is 0 Å². The number of aryl methyl sites for hydroxylation is 1. The van der Waals surface area contributed by atoms with Gasteiger partial charge < -0.3 is 14.0 Å². The van der Waals surface area contributed by atoms with E-state index in [1.165, 1.54) is 49.2 Å². The van der Waals surface area contributed by atoms with Crippen LogP contribution >= 0.6 is 0 Å². The van der Waals surface area contributed by atoms with Crippen LogP contribution in [-0.2, 0) is 0 Å². The minimum absolute atomic E-state index is 1.12. The molecule has 218 valence electrons. The molecule has 46 heavy (non-hydrogen) atoms. The largest absolute Gasteiger partial charge is 0.310 e.